The molecule has 1 unspecified atom stereocenters. The van der Waals surface area contributed by atoms with Crippen LogP contribution in [0.1, 0.15) is 17.2 Å². The molecule has 2 aromatic carbocycles. The van der Waals surface area contributed by atoms with Crippen LogP contribution in [0.4, 0.5) is 5.69 Å². The number of nitrogens with zero attached hydrogens (tertiary/aromatic N) is 2. The van der Waals surface area contributed by atoms with Crippen molar-refractivity contribution in [3.8, 4) is 0 Å². The lowest BCUT2D eigenvalue weighted by molar-refractivity contribution is -0.384. The first-order valence-corrected chi connectivity index (χ1v) is 6.52. The molecular formula is C16H14N2O4. The van der Waals surface area contributed by atoms with Gasteiger partial charge in [0.15, 0.2) is 6.04 Å². The first-order chi connectivity index (χ1) is 10.6. The number of ether oxygens (including phenoxy) is 1. The molecule has 112 valence electrons. The molecule has 0 saturated heterocycles. The van der Waals surface area contributed by atoms with Gasteiger partial charge >= 0.3 is 5.97 Å². The number of nitro benzene ring substituents is 1. The number of rotatable bonds is 5. The summed E-state index contributed by atoms with van der Waals surface area (Å²) in [4.78, 5) is 26.2. The van der Waals surface area contributed by atoms with E-state index in [0.717, 1.165) is 0 Å². The van der Waals surface area contributed by atoms with Crippen molar-refractivity contribution in [2.24, 2.45) is 4.99 Å². The van der Waals surface area contributed by atoms with Crippen molar-refractivity contribution in [1.29, 1.82) is 0 Å². The lowest BCUT2D eigenvalue weighted by Gasteiger charge is -2.10. The summed E-state index contributed by atoms with van der Waals surface area (Å²) in [6, 6.07) is 14.2. The number of carbonyl (C=O) groups is 1. The van der Waals surface area contributed by atoms with Gasteiger partial charge in [0, 0.05) is 18.3 Å². The molecule has 0 heterocycles. The van der Waals surface area contributed by atoms with Crippen molar-refractivity contribution in [3.63, 3.8) is 0 Å². The maximum atomic E-state index is 11.9. The molecule has 0 fully saturated rings. The molecule has 0 spiro atoms. The SMILES string of the molecule is COC(=O)C(N=Cc1ccc([N+](=O)[O-])cc1)c1ccccc1. The lowest BCUT2D eigenvalue weighted by Crippen LogP contribution is -2.12. The van der Waals surface area contributed by atoms with Crippen LogP contribution >= 0.6 is 0 Å². The number of carbonyl (C=O) groups excluding carboxylic acids is 1. The molecule has 0 N–H and O–H groups in total. The third kappa shape index (κ3) is 3.76. The summed E-state index contributed by atoms with van der Waals surface area (Å²) < 4.78 is 4.76. The maximum absolute atomic E-state index is 11.9. The van der Waals surface area contributed by atoms with Gasteiger partial charge in [-0.15, -0.1) is 0 Å². The van der Waals surface area contributed by atoms with Gasteiger partial charge in [0.25, 0.3) is 5.69 Å². The normalized spacial score (nSPS) is 12.0. The topological polar surface area (TPSA) is 81.8 Å². The van der Waals surface area contributed by atoms with E-state index in [9.17, 15) is 14.9 Å². The Hall–Kier alpha value is -3.02. The van der Waals surface area contributed by atoms with Crippen LogP contribution < -0.4 is 0 Å². The predicted octanol–water partition coefficient (Wildman–Crippen LogP) is 2.93. The molecule has 0 aromatic heterocycles. The Morgan fingerprint density at radius 3 is 2.36 bits per heavy atom. The summed E-state index contributed by atoms with van der Waals surface area (Å²) in [5, 5.41) is 10.6. The van der Waals surface area contributed by atoms with Gasteiger partial charge in [-0.25, -0.2) is 4.79 Å². The van der Waals surface area contributed by atoms with Crippen molar-refractivity contribution >= 4 is 17.9 Å². The molecule has 1 atom stereocenters. The molecule has 0 bridgehead atoms. The monoisotopic (exact) mass is 298 g/mol. The van der Waals surface area contributed by atoms with Gasteiger partial charge in [-0.3, -0.25) is 15.1 Å². The lowest BCUT2D eigenvalue weighted by atomic mass is 10.1. The van der Waals surface area contributed by atoms with Gasteiger partial charge in [-0.2, -0.15) is 0 Å². The average Bonchev–Trinajstić information content (AvgIpc) is 2.56. The molecule has 22 heavy (non-hydrogen) atoms. The zero-order chi connectivity index (χ0) is 15.9. The Kier molecular flexibility index (Phi) is 4.98. The predicted molar refractivity (Wildman–Crippen MR) is 81.9 cm³/mol. The standard InChI is InChI=1S/C16H14N2O4/c1-22-16(19)15(13-5-3-2-4-6-13)17-11-12-7-9-14(10-8-12)18(20)21/h2-11,15H,1H3. The van der Waals surface area contributed by atoms with E-state index in [1.165, 1.54) is 25.5 Å². The number of esters is 1. The summed E-state index contributed by atoms with van der Waals surface area (Å²) >= 11 is 0. The third-order valence-electron chi connectivity index (χ3n) is 3.02. The molecule has 6 heteroatoms. The van der Waals surface area contributed by atoms with E-state index in [0.29, 0.717) is 11.1 Å². The zero-order valence-corrected chi connectivity index (χ0v) is 11.9. The molecule has 2 rings (SSSR count). The Balaban J connectivity index is 2.23. The summed E-state index contributed by atoms with van der Waals surface area (Å²) in [7, 11) is 1.31. The molecule has 6 nitrogen and oxygen atoms in total. The highest BCUT2D eigenvalue weighted by molar-refractivity contribution is 5.85. The second-order valence-electron chi connectivity index (χ2n) is 4.46. The highest BCUT2D eigenvalue weighted by atomic mass is 16.6. The fourth-order valence-corrected chi connectivity index (χ4v) is 1.87. The summed E-state index contributed by atoms with van der Waals surface area (Å²) in [5.74, 6) is -0.468. The molecule has 0 aliphatic rings. The van der Waals surface area contributed by atoms with Crippen LogP contribution in [0, 0.1) is 10.1 Å². The van der Waals surface area contributed by atoms with Gasteiger partial charge < -0.3 is 4.74 Å². The van der Waals surface area contributed by atoms with Crippen LogP contribution in [0.25, 0.3) is 0 Å². The second kappa shape index (κ2) is 7.12. The largest absolute Gasteiger partial charge is 0.467 e. The number of methoxy groups -OCH3 is 1. The highest BCUT2D eigenvalue weighted by Crippen LogP contribution is 2.19. The van der Waals surface area contributed by atoms with Crippen LogP contribution in [0.2, 0.25) is 0 Å². The quantitative estimate of drug-likeness (QED) is 0.368. The van der Waals surface area contributed by atoms with Crippen LogP contribution in [0.5, 0.6) is 0 Å². The molecule has 2 aromatic rings. The smallest absolute Gasteiger partial charge is 0.335 e. The molecule has 0 radical (unpaired) electrons. The Labute approximate surface area is 127 Å². The Morgan fingerprint density at radius 2 is 1.82 bits per heavy atom. The molecular weight excluding hydrogens is 284 g/mol. The van der Waals surface area contributed by atoms with Crippen molar-refractivity contribution in [2.75, 3.05) is 7.11 Å². The van der Waals surface area contributed by atoms with Gasteiger partial charge in [0.2, 0.25) is 0 Å². The maximum Gasteiger partial charge on any atom is 0.335 e. The van der Waals surface area contributed by atoms with Crippen LogP contribution in [-0.4, -0.2) is 24.2 Å². The molecule has 0 aliphatic heterocycles. The minimum atomic E-state index is -0.763. The summed E-state index contributed by atoms with van der Waals surface area (Å²) in [5.41, 5.74) is 1.38. The van der Waals surface area contributed by atoms with Crippen molar-refractivity contribution in [1.82, 2.24) is 0 Å². The number of benzene rings is 2. The Morgan fingerprint density at radius 1 is 1.18 bits per heavy atom. The van der Waals surface area contributed by atoms with Crippen molar-refractivity contribution in [2.45, 2.75) is 6.04 Å². The van der Waals surface area contributed by atoms with E-state index in [4.69, 9.17) is 4.74 Å². The van der Waals surface area contributed by atoms with Gasteiger partial charge in [-0.05, 0) is 23.3 Å². The molecule has 0 amide bonds. The fourth-order valence-electron chi connectivity index (χ4n) is 1.87. The Bertz CT molecular complexity index is 681. The minimum absolute atomic E-state index is 0.00438. The van der Waals surface area contributed by atoms with Gasteiger partial charge in [-0.1, -0.05) is 30.3 Å². The fraction of sp³-hybridized carbons (Fsp3) is 0.125. The number of non-ortho nitro benzene ring substituents is 1. The van der Waals surface area contributed by atoms with Crippen molar-refractivity contribution in [3.05, 3.63) is 75.8 Å². The molecule has 0 saturated carbocycles. The van der Waals surface area contributed by atoms with E-state index >= 15 is 0 Å². The number of aliphatic imine (C=N–C) groups is 1. The van der Waals surface area contributed by atoms with Gasteiger partial charge in [0.05, 0.1) is 12.0 Å². The van der Waals surface area contributed by atoms with Crippen molar-refractivity contribution < 1.29 is 14.5 Å². The second-order valence-corrected chi connectivity index (χ2v) is 4.46. The minimum Gasteiger partial charge on any atom is -0.467 e. The van der Waals surface area contributed by atoms with E-state index in [2.05, 4.69) is 4.99 Å². The number of nitro groups is 1. The highest BCUT2D eigenvalue weighted by Gasteiger charge is 2.19. The van der Waals surface area contributed by atoms with Crippen LogP contribution in [0.3, 0.4) is 0 Å². The van der Waals surface area contributed by atoms with E-state index in [1.54, 1.807) is 24.3 Å². The van der Waals surface area contributed by atoms with E-state index in [-0.39, 0.29) is 5.69 Å². The number of hydrogen-bond acceptors (Lipinski definition) is 5. The van der Waals surface area contributed by atoms with Crippen LogP contribution in [0.15, 0.2) is 59.6 Å². The first-order valence-electron chi connectivity index (χ1n) is 6.52. The first kappa shape index (κ1) is 15.4. The zero-order valence-electron chi connectivity index (χ0n) is 11.9. The average molecular weight is 298 g/mol. The summed E-state index contributed by atoms with van der Waals surface area (Å²) in [6.07, 6.45) is 1.50. The van der Waals surface area contributed by atoms with E-state index < -0.39 is 16.9 Å². The van der Waals surface area contributed by atoms with E-state index in [1.807, 2.05) is 18.2 Å². The van der Waals surface area contributed by atoms with Gasteiger partial charge in [0.1, 0.15) is 0 Å². The van der Waals surface area contributed by atoms with Crippen LogP contribution in [-0.2, 0) is 9.53 Å². The summed E-state index contributed by atoms with van der Waals surface area (Å²) in [6.45, 7) is 0. The molecule has 0 aliphatic carbocycles. The third-order valence-corrected chi connectivity index (χ3v) is 3.02. The number of hydrogen-bond donors (Lipinski definition) is 0.